The van der Waals surface area contributed by atoms with E-state index in [0.717, 1.165) is 0 Å². The molecule has 0 amide bonds. The van der Waals surface area contributed by atoms with Gasteiger partial charge >= 0.3 is 5.97 Å². The van der Waals surface area contributed by atoms with Crippen LogP contribution in [0.25, 0.3) is 0 Å². The van der Waals surface area contributed by atoms with Gasteiger partial charge in [-0.2, -0.15) is 0 Å². The Morgan fingerprint density at radius 1 is 0.833 bits per heavy atom. The number of esters is 1. The molecule has 0 radical (unpaired) electrons. The number of rotatable bonds is 5. The van der Waals surface area contributed by atoms with E-state index in [9.17, 15) is 4.79 Å². The molecule has 0 fully saturated rings. The number of carbonyl (C=O) groups is 1. The summed E-state index contributed by atoms with van der Waals surface area (Å²) in [7, 11) is 1.49. The van der Waals surface area contributed by atoms with E-state index in [1.165, 1.54) is 7.11 Å². The van der Waals surface area contributed by atoms with Crippen LogP contribution in [-0.2, 0) is 9.53 Å². The predicted octanol–water partition coefficient (Wildman–Crippen LogP) is 4.53. The largest absolute Gasteiger partial charge is 0.469 e. The monoisotopic (exact) mass is 256 g/mol. The van der Waals surface area contributed by atoms with Gasteiger partial charge in [0.15, 0.2) is 0 Å². The van der Waals surface area contributed by atoms with E-state index in [0.29, 0.717) is 11.8 Å². The van der Waals surface area contributed by atoms with Gasteiger partial charge < -0.3 is 4.74 Å². The van der Waals surface area contributed by atoms with Gasteiger partial charge in [-0.3, -0.25) is 4.79 Å². The van der Waals surface area contributed by atoms with Gasteiger partial charge in [-0.15, -0.1) is 0 Å². The normalized spacial score (nSPS) is 14.2. The maximum Gasteiger partial charge on any atom is 0.312 e. The minimum absolute atomic E-state index is 0.0973. The Hall–Kier alpha value is -0.530. The maximum absolute atomic E-state index is 12.5. The molecule has 0 unspecified atom stereocenters. The van der Waals surface area contributed by atoms with Gasteiger partial charge in [0.2, 0.25) is 0 Å². The smallest absolute Gasteiger partial charge is 0.312 e. The first-order valence-corrected chi connectivity index (χ1v) is 6.95. The molecule has 18 heavy (non-hydrogen) atoms. The van der Waals surface area contributed by atoms with Crippen LogP contribution in [0.5, 0.6) is 0 Å². The Morgan fingerprint density at radius 2 is 1.11 bits per heavy atom. The van der Waals surface area contributed by atoms with Crippen LogP contribution in [0.3, 0.4) is 0 Å². The molecule has 0 N–H and O–H groups in total. The van der Waals surface area contributed by atoms with Gasteiger partial charge in [0.05, 0.1) is 12.5 Å². The number of ether oxygens (including phenoxy) is 1. The molecule has 0 aliphatic carbocycles. The molecular formula is C16H32O2. The van der Waals surface area contributed by atoms with Gasteiger partial charge in [0, 0.05) is 0 Å². The van der Waals surface area contributed by atoms with Crippen LogP contribution in [0.15, 0.2) is 0 Å². The number of hydrogen-bond acceptors (Lipinski definition) is 2. The van der Waals surface area contributed by atoms with E-state index in [1.807, 2.05) is 0 Å². The van der Waals surface area contributed by atoms with Crippen molar-refractivity contribution >= 4 is 5.97 Å². The summed E-state index contributed by atoms with van der Waals surface area (Å²) in [6.45, 7) is 19.5. The van der Waals surface area contributed by atoms with Gasteiger partial charge in [-0.05, 0) is 29.6 Å². The molecule has 0 aromatic rings. The fourth-order valence-electron chi connectivity index (χ4n) is 2.72. The fraction of sp³-hybridized carbons (Fsp3) is 0.938. The molecule has 2 nitrogen and oxygen atoms in total. The van der Waals surface area contributed by atoms with Crippen molar-refractivity contribution in [1.29, 1.82) is 0 Å². The predicted molar refractivity (Wildman–Crippen MR) is 77.4 cm³/mol. The molecule has 0 aromatic heterocycles. The minimum atomic E-state index is -0.517. The Kier molecular flexibility index (Phi) is 5.07. The highest BCUT2D eigenvalue weighted by Crippen LogP contribution is 2.58. The summed E-state index contributed by atoms with van der Waals surface area (Å²) in [6.07, 6.45) is 0. The minimum Gasteiger partial charge on any atom is -0.469 e. The lowest BCUT2D eigenvalue weighted by Gasteiger charge is -2.55. The molecule has 0 spiro atoms. The van der Waals surface area contributed by atoms with Crippen molar-refractivity contribution in [3.05, 3.63) is 0 Å². The third-order valence-corrected chi connectivity index (χ3v) is 6.06. The average molecular weight is 256 g/mol. The van der Waals surface area contributed by atoms with Crippen LogP contribution in [0, 0.1) is 28.1 Å². The van der Waals surface area contributed by atoms with E-state index in [4.69, 9.17) is 4.74 Å². The molecule has 108 valence electrons. The van der Waals surface area contributed by atoms with Crippen LogP contribution in [-0.4, -0.2) is 13.1 Å². The molecule has 0 saturated heterocycles. The van der Waals surface area contributed by atoms with E-state index < -0.39 is 5.41 Å². The third-order valence-electron chi connectivity index (χ3n) is 6.06. The Balaban J connectivity index is 5.99. The Labute approximate surface area is 113 Å². The zero-order valence-electron chi connectivity index (χ0n) is 14.0. The first-order chi connectivity index (χ1) is 7.87. The number of hydrogen-bond donors (Lipinski definition) is 0. The average Bonchev–Trinajstić information content (AvgIpc) is 2.25. The Morgan fingerprint density at radius 3 is 1.28 bits per heavy atom. The summed E-state index contributed by atoms with van der Waals surface area (Å²) in [5.74, 6) is 0.708. The van der Waals surface area contributed by atoms with Gasteiger partial charge in [-0.1, -0.05) is 55.4 Å². The first kappa shape index (κ1) is 17.5. The summed E-state index contributed by atoms with van der Waals surface area (Å²) in [6, 6.07) is 0. The zero-order chi connectivity index (χ0) is 14.9. The van der Waals surface area contributed by atoms with Crippen molar-refractivity contribution in [1.82, 2.24) is 0 Å². The highest BCUT2D eigenvalue weighted by atomic mass is 16.5. The van der Waals surface area contributed by atoms with Crippen molar-refractivity contribution in [2.75, 3.05) is 7.11 Å². The standard InChI is InChI=1S/C16H32O2/c1-11(2)14(5,6)16(9,13(17)18-10)15(7,8)12(3)4/h11-12H,1-10H3. The number of methoxy groups -OCH3 is 1. The van der Waals surface area contributed by atoms with Gasteiger partial charge in [0.1, 0.15) is 0 Å². The van der Waals surface area contributed by atoms with Crippen molar-refractivity contribution < 1.29 is 9.53 Å². The summed E-state index contributed by atoms with van der Waals surface area (Å²) in [5.41, 5.74) is -0.779. The third kappa shape index (κ3) is 2.31. The lowest BCUT2D eigenvalue weighted by atomic mass is 9.48. The second kappa shape index (κ2) is 5.22. The topological polar surface area (TPSA) is 26.3 Å². The zero-order valence-corrected chi connectivity index (χ0v) is 14.0. The first-order valence-electron chi connectivity index (χ1n) is 6.95. The molecule has 0 aliphatic rings. The summed E-state index contributed by atoms with van der Waals surface area (Å²) in [4.78, 5) is 12.5. The molecule has 0 atom stereocenters. The van der Waals surface area contributed by atoms with Crippen LogP contribution >= 0.6 is 0 Å². The molecule has 0 rings (SSSR count). The maximum atomic E-state index is 12.5. The van der Waals surface area contributed by atoms with Crippen molar-refractivity contribution in [2.45, 2.75) is 62.3 Å². The summed E-state index contributed by atoms with van der Waals surface area (Å²) >= 11 is 0. The van der Waals surface area contributed by atoms with Crippen LogP contribution in [0.4, 0.5) is 0 Å². The molecular weight excluding hydrogens is 224 g/mol. The Bertz CT molecular complexity index is 278. The van der Waals surface area contributed by atoms with Crippen LogP contribution in [0.2, 0.25) is 0 Å². The molecule has 0 heterocycles. The van der Waals surface area contributed by atoms with Gasteiger partial charge in [-0.25, -0.2) is 0 Å². The SMILES string of the molecule is COC(=O)C(C)(C(C)(C)C(C)C)C(C)(C)C(C)C. The van der Waals surface area contributed by atoms with Gasteiger partial charge in [0.25, 0.3) is 0 Å². The van der Waals surface area contributed by atoms with Crippen molar-refractivity contribution in [3.8, 4) is 0 Å². The highest BCUT2D eigenvalue weighted by molar-refractivity contribution is 5.78. The lowest BCUT2D eigenvalue weighted by Crippen LogP contribution is -2.56. The lowest BCUT2D eigenvalue weighted by molar-refractivity contribution is -0.180. The van der Waals surface area contributed by atoms with Crippen molar-refractivity contribution in [2.24, 2.45) is 28.1 Å². The quantitative estimate of drug-likeness (QED) is 0.675. The molecule has 2 heteroatoms. The molecule has 0 bridgehead atoms. The second-order valence-corrected chi connectivity index (χ2v) is 7.37. The fourth-order valence-corrected chi connectivity index (χ4v) is 2.72. The molecule has 0 saturated carbocycles. The van der Waals surface area contributed by atoms with Crippen LogP contribution < -0.4 is 0 Å². The van der Waals surface area contributed by atoms with E-state index in [2.05, 4.69) is 62.3 Å². The second-order valence-electron chi connectivity index (χ2n) is 7.37. The van der Waals surface area contributed by atoms with E-state index in [1.54, 1.807) is 0 Å². The highest BCUT2D eigenvalue weighted by Gasteiger charge is 2.59. The van der Waals surface area contributed by atoms with Crippen molar-refractivity contribution in [3.63, 3.8) is 0 Å². The molecule has 0 aromatic carbocycles. The van der Waals surface area contributed by atoms with E-state index in [-0.39, 0.29) is 16.8 Å². The van der Waals surface area contributed by atoms with Crippen LogP contribution in [0.1, 0.15) is 62.3 Å². The molecule has 0 aliphatic heterocycles. The van der Waals surface area contributed by atoms with E-state index >= 15 is 0 Å². The summed E-state index contributed by atoms with van der Waals surface area (Å²) in [5, 5.41) is 0. The summed E-state index contributed by atoms with van der Waals surface area (Å²) < 4.78 is 5.15. The number of carbonyl (C=O) groups excluding carboxylic acids is 1.